The Balaban J connectivity index is 0.00000324. The molecule has 0 aliphatic carbocycles. The molecule has 0 radical (unpaired) electrons. The van der Waals surface area contributed by atoms with Crippen LogP contribution in [0.5, 0.6) is 5.75 Å². The monoisotopic (exact) mass is 395 g/mol. The molecule has 106 valence electrons. The molecule has 1 aromatic rings. The minimum absolute atomic E-state index is 0. The predicted molar refractivity (Wildman–Crippen MR) is 91.9 cm³/mol. The maximum absolute atomic E-state index is 5.85. The van der Waals surface area contributed by atoms with Gasteiger partial charge < -0.3 is 15.4 Å². The summed E-state index contributed by atoms with van der Waals surface area (Å²) in [4.78, 5) is 4.05. The molecule has 0 heterocycles. The second kappa shape index (κ2) is 10.9. The number of nitrogens with zero attached hydrogens (tertiary/aromatic N) is 1. The average Bonchev–Trinajstić information content (AvgIpc) is 2.38. The van der Waals surface area contributed by atoms with Gasteiger partial charge in [-0.15, -0.1) is 30.6 Å². The van der Waals surface area contributed by atoms with Crippen LogP contribution in [0, 0.1) is 0 Å². The lowest BCUT2D eigenvalue weighted by molar-refractivity contribution is 0.322. The van der Waals surface area contributed by atoms with Gasteiger partial charge in [-0.05, 0) is 18.2 Å². The molecule has 1 aromatic carbocycles. The van der Waals surface area contributed by atoms with Gasteiger partial charge in [0, 0.05) is 18.6 Å². The molecule has 0 fully saturated rings. The van der Waals surface area contributed by atoms with Gasteiger partial charge in [0.15, 0.2) is 5.96 Å². The summed E-state index contributed by atoms with van der Waals surface area (Å²) in [6, 6.07) is 7.33. The number of guanidine groups is 1. The van der Waals surface area contributed by atoms with Crippen molar-refractivity contribution in [3.8, 4) is 5.75 Å². The van der Waals surface area contributed by atoms with Crippen molar-refractivity contribution < 1.29 is 4.74 Å². The largest absolute Gasteiger partial charge is 0.492 e. The summed E-state index contributed by atoms with van der Waals surface area (Å²) in [5.74, 6) is 1.49. The summed E-state index contributed by atoms with van der Waals surface area (Å²) < 4.78 is 5.54. The maximum atomic E-state index is 5.85. The molecule has 0 aliphatic heterocycles. The second-order valence-corrected chi connectivity index (χ2v) is 3.91. The van der Waals surface area contributed by atoms with E-state index < -0.39 is 0 Å². The number of rotatable bonds is 6. The third-order valence-corrected chi connectivity index (χ3v) is 2.33. The standard InChI is InChI=1S/C13H18ClN3O.HI/c1-3-7-16-13(15-2)17-8-9-18-12-6-4-5-11(14)10-12;/h3-6,10H,1,7-9H2,2H3,(H2,15,16,17);1H. The number of nitrogens with one attached hydrogen (secondary N) is 2. The van der Waals surface area contributed by atoms with E-state index in [1.54, 1.807) is 19.2 Å². The van der Waals surface area contributed by atoms with E-state index in [9.17, 15) is 0 Å². The van der Waals surface area contributed by atoms with Crippen molar-refractivity contribution in [2.24, 2.45) is 4.99 Å². The van der Waals surface area contributed by atoms with Gasteiger partial charge in [0.05, 0.1) is 6.54 Å². The van der Waals surface area contributed by atoms with Crippen molar-refractivity contribution in [3.05, 3.63) is 41.9 Å². The van der Waals surface area contributed by atoms with E-state index in [4.69, 9.17) is 16.3 Å². The van der Waals surface area contributed by atoms with E-state index in [0.29, 0.717) is 24.7 Å². The fourth-order valence-corrected chi connectivity index (χ4v) is 1.46. The quantitative estimate of drug-likeness (QED) is 0.256. The van der Waals surface area contributed by atoms with Crippen LogP contribution in [0.15, 0.2) is 41.9 Å². The van der Waals surface area contributed by atoms with Crippen LogP contribution in [0.2, 0.25) is 5.02 Å². The number of hydrogen-bond acceptors (Lipinski definition) is 2. The molecule has 6 heteroatoms. The molecule has 0 amide bonds. The molecule has 0 saturated carbocycles. The Morgan fingerprint density at radius 1 is 1.47 bits per heavy atom. The number of benzene rings is 1. The summed E-state index contributed by atoms with van der Waals surface area (Å²) >= 11 is 5.85. The number of aliphatic imine (C=N–C) groups is 1. The first kappa shape index (κ1) is 18.0. The number of ether oxygens (including phenoxy) is 1. The lowest BCUT2D eigenvalue weighted by Gasteiger charge is -2.11. The molecule has 2 N–H and O–H groups in total. The Labute approximate surface area is 136 Å². The third-order valence-electron chi connectivity index (χ3n) is 2.10. The Kier molecular flexibility index (Phi) is 10.4. The van der Waals surface area contributed by atoms with Gasteiger partial charge in [-0.25, -0.2) is 0 Å². The van der Waals surface area contributed by atoms with Crippen molar-refractivity contribution in [2.45, 2.75) is 0 Å². The van der Waals surface area contributed by atoms with Crippen molar-refractivity contribution in [3.63, 3.8) is 0 Å². The molecular weight excluding hydrogens is 377 g/mol. The highest BCUT2D eigenvalue weighted by Gasteiger charge is 1.97. The molecule has 0 bridgehead atoms. The number of hydrogen-bond donors (Lipinski definition) is 2. The first-order chi connectivity index (χ1) is 8.76. The molecule has 0 unspecified atom stereocenters. The Morgan fingerprint density at radius 2 is 2.26 bits per heavy atom. The fraction of sp³-hybridized carbons (Fsp3) is 0.308. The fourth-order valence-electron chi connectivity index (χ4n) is 1.28. The molecule has 19 heavy (non-hydrogen) atoms. The van der Waals surface area contributed by atoms with Gasteiger partial charge in [0.1, 0.15) is 12.4 Å². The Morgan fingerprint density at radius 3 is 2.89 bits per heavy atom. The van der Waals surface area contributed by atoms with E-state index in [0.717, 1.165) is 11.7 Å². The maximum Gasteiger partial charge on any atom is 0.191 e. The first-order valence-corrected chi connectivity index (χ1v) is 6.08. The van der Waals surface area contributed by atoms with Crippen LogP contribution >= 0.6 is 35.6 Å². The van der Waals surface area contributed by atoms with Crippen LogP contribution in [-0.4, -0.2) is 32.7 Å². The summed E-state index contributed by atoms with van der Waals surface area (Å²) in [6.45, 7) is 5.50. The van der Waals surface area contributed by atoms with Crippen LogP contribution in [0.25, 0.3) is 0 Å². The predicted octanol–water partition coefficient (Wildman–Crippen LogP) is 2.69. The van der Waals surface area contributed by atoms with Gasteiger partial charge in [-0.2, -0.15) is 0 Å². The highest BCUT2D eigenvalue weighted by atomic mass is 127. The molecule has 0 atom stereocenters. The van der Waals surface area contributed by atoms with Gasteiger partial charge in [0.2, 0.25) is 0 Å². The van der Waals surface area contributed by atoms with Gasteiger partial charge in [-0.3, -0.25) is 4.99 Å². The third kappa shape index (κ3) is 7.94. The number of halogens is 2. The summed E-state index contributed by atoms with van der Waals surface area (Å²) in [5.41, 5.74) is 0. The smallest absolute Gasteiger partial charge is 0.191 e. The highest BCUT2D eigenvalue weighted by Crippen LogP contribution is 2.16. The van der Waals surface area contributed by atoms with E-state index in [1.165, 1.54) is 0 Å². The lowest BCUT2D eigenvalue weighted by Crippen LogP contribution is -2.39. The van der Waals surface area contributed by atoms with Crippen LogP contribution in [0.1, 0.15) is 0 Å². The summed E-state index contributed by atoms with van der Waals surface area (Å²) in [6.07, 6.45) is 1.77. The lowest BCUT2D eigenvalue weighted by atomic mass is 10.3. The van der Waals surface area contributed by atoms with E-state index in [-0.39, 0.29) is 24.0 Å². The molecule has 4 nitrogen and oxygen atoms in total. The Hall–Kier alpha value is -0.950. The zero-order chi connectivity index (χ0) is 13.2. The zero-order valence-electron chi connectivity index (χ0n) is 10.9. The van der Waals surface area contributed by atoms with Crippen molar-refractivity contribution in [1.29, 1.82) is 0 Å². The van der Waals surface area contributed by atoms with Crippen molar-refractivity contribution >= 4 is 41.5 Å². The molecule has 0 saturated heterocycles. The highest BCUT2D eigenvalue weighted by molar-refractivity contribution is 14.0. The topological polar surface area (TPSA) is 45.7 Å². The Bertz CT molecular complexity index is 413. The zero-order valence-corrected chi connectivity index (χ0v) is 13.9. The SMILES string of the molecule is C=CCNC(=NC)NCCOc1cccc(Cl)c1.I. The second-order valence-electron chi connectivity index (χ2n) is 3.47. The van der Waals surface area contributed by atoms with Crippen LogP contribution < -0.4 is 15.4 Å². The van der Waals surface area contributed by atoms with Crippen LogP contribution in [0.4, 0.5) is 0 Å². The van der Waals surface area contributed by atoms with Gasteiger partial charge >= 0.3 is 0 Å². The summed E-state index contributed by atoms with van der Waals surface area (Å²) in [5, 5.41) is 6.86. The van der Waals surface area contributed by atoms with E-state index in [2.05, 4.69) is 22.2 Å². The molecule has 1 rings (SSSR count). The minimum atomic E-state index is 0. The van der Waals surface area contributed by atoms with E-state index >= 15 is 0 Å². The van der Waals surface area contributed by atoms with E-state index in [1.807, 2.05) is 18.2 Å². The molecule has 0 aliphatic rings. The molecule has 0 spiro atoms. The summed E-state index contributed by atoms with van der Waals surface area (Å²) in [7, 11) is 1.72. The molecule has 0 aromatic heterocycles. The van der Waals surface area contributed by atoms with Crippen LogP contribution in [0.3, 0.4) is 0 Å². The minimum Gasteiger partial charge on any atom is -0.492 e. The normalized spacial score (nSPS) is 10.3. The van der Waals surface area contributed by atoms with Crippen molar-refractivity contribution in [2.75, 3.05) is 26.7 Å². The molecular formula is C13H19ClIN3O. The average molecular weight is 396 g/mol. The van der Waals surface area contributed by atoms with Crippen LogP contribution in [-0.2, 0) is 0 Å². The van der Waals surface area contributed by atoms with Crippen molar-refractivity contribution in [1.82, 2.24) is 10.6 Å². The van der Waals surface area contributed by atoms with Gasteiger partial charge in [-0.1, -0.05) is 23.7 Å². The van der Waals surface area contributed by atoms with Gasteiger partial charge in [0.25, 0.3) is 0 Å². The first-order valence-electron chi connectivity index (χ1n) is 5.70.